The van der Waals surface area contributed by atoms with Gasteiger partial charge in [0.15, 0.2) is 0 Å². The van der Waals surface area contributed by atoms with Crippen LogP contribution in [0.25, 0.3) is 10.9 Å². The van der Waals surface area contributed by atoms with E-state index in [4.69, 9.17) is 10.5 Å². The van der Waals surface area contributed by atoms with Crippen LogP contribution >= 0.6 is 12.6 Å². The smallest absolute Gasteiger partial charge is 0.256 e. The highest BCUT2D eigenvalue weighted by Crippen LogP contribution is 2.27. The van der Waals surface area contributed by atoms with E-state index in [1.807, 2.05) is 35.2 Å². The molecule has 0 radical (unpaired) electrons. The molecule has 3 rings (SSSR count). The number of nitrogens with one attached hydrogen (secondary N) is 1. The van der Waals surface area contributed by atoms with Crippen LogP contribution in [0.5, 0.6) is 0 Å². The van der Waals surface area contributed by atoms with Gasteiger partial charge in [-0.25, -0.2) is 0 Å². The number of amides is 1. The van der Waals surface area contributed by atoms with Gasteiger partial charge in [-0.3, -0.25) is 15.1 Å². The molecule has 2 atom stereocenters. The Morgan fingerprint density at radius 2 is 2.21 bits per heavy atom. The van der Waals surface area contributed by atoms with Gasteiger partial charge in [-0.15, -0.1) is 0 Å². The first kappa shape index (κ1) is 22.0. The molecule has 1 fully saturated rings. The van der Waals surface area contributed by atoms with Crippen LogP contribution in [0.15, 0.2) is 36.5 Å². The Hall–Kier alpha value is -1.67. The Morgan fingerprint density at radius 3 is 3.00 bits per heavy atom. The lowest BCUT2D eigenvalue weighted by molar-refractivity contribution is 0.0195. The second-order valence-corrected chi connectivity index (χ2v) is 8.04. The minimum atomic E-state index is -0.678. The van der Waals surface area contributed by atoms with E-state index in [2.05, 4.69) is 29.9 Å². The second-order valence-electron chi connectivity index (χ2n) is 7.59. The zero-order chi connectivity index (χ0) is 20.7. The summed E-state index contributed by atoms with van der Waals surface area (Å²) >= 11 is 4.38. The molecule has 7 heteroatoms. The van der Waals surface area contributed by atoms with E-state index < -0.39 is 5.66 Å². The third-order valence-corrected chi connectivity index (χ3v) is 5.86. The number of ether oxygens (including phenoxy) is 1. The summed E-state index contributed by atoms with van der Waals surface area (Å²) in [5.41, 5.74) is 7.51. The van der Waals surface area contributed by atoms with Crippen molar-refractivity contribution in [3.63, 3.8) is 0 Å². The zero-order valence-electron chi connectivity index (χ0n) is 17.1. The number of benzene rings is 1. The van der Waals surface area contributed by atoms with Gasteiger partial charge < -0.3 is 15.4 Å². The number of carbonyl (C=O) groups excluding carboxylic acids is 1. The Labute approximate surface area is 178 Å². The van der Waals surface area contributed by atoms with Crippen LogP contribution < -0.4 is 11.1 Å². The molecule has 1 amide bonds. The Kier molecular flexibility index (Phi) is 7.89. The number of hydrogen-bond donors (Lipinski definition) is 3. The van der Waals surface area contributed by atoms with Crippen molar-refractivity contribution in [1.29, 1.82) is 0 Å². The van der Waals surface area contributed by atoms with Gasteiger partial charge in [-0.2, -0.15) is 12.6 Å². The average Bonchev–Trinajstić information content (AvgIpc) is 2.75. The van der Waals surface area contributed by atoms with Crippen molar-refractivity contribution in [1.82, 2.24) is 15.2 Å². The van der Waals surface area contributed by atoms with Crippen molar-refractivity contribution in [3.8, 4) is 0 Å². The lowest BCUT2D eigenvalue weighted by atomic mass is 9.89. The lowest BCUT2D eigenvalue weighted by Crippen LogP contribution is -2.72. The van der Waals surface area contributed by atoms with Crippen LogP contribution in [0.2, 0.25) is 0 Å². The summed E-state index contributed by atoms with van der Waals surface area (Å²) in [4.78, 5) is 20.0. The number of aromatic nitrogens is 1. The molecule has 1 aromatic heterocycles. The normalized spacial score (nSPS) is 22.2. The molecular formula is C22H32N4O2S. The molecule has 1 aliphatic heterocycles. The zero-order valence-corrected chi connectivity index (χ0v) is 18.0. The summed E-state index contributed by atoms with van der Waals surface area (Å²) in [7, 11) is 0. The monoisotopic (exact) mass is 416 g/mol. The molecule has 6 nitrogen and oxygen atoms in total. The molecule has 0 aliphatic carbocycles. The molecule has 0 saturated carbocycles. The topological polar surface area (TPSA) is 80.5 Å². The summed E-state index contributed by atoms with van der Waals surface area (Å²) in [6, 6.07) is 9.49. The molecule has 0 spiro atoms. The van der Waals surface area contributed by atoms with Crippen molar-refractivity contribution in [2.24, 2.45) is 5.73 Å². The molecule has 2 aromatic rings. The predicted molar refractivity (Wildman–Crippen MR) is 120 cm³/mol. The second kappa shape index (κ2) is 10.4. The molecule has 0 bridgehead atoms. The standard InChI is InChI=1S/C22H32N4O2S/c1-2-14-28-15-10-22(23)19(9-5-16-29)26(13-12-25-22)21(27)18-8-3-6-17-7-4-11-24-20(17)18/h3-4,6-8,11,19,25,29H,2,5,9-10,12-16,23H2,1H3/t19?,22-/m0/s1. The predicted octanol–water partition coefficient (Wildman–Crippen LogP) is 2.83. The molecule has 29 heavy (non-hydrogen) atoms. The summed E-state index contributed by atoms with van der Waals surface area (Å²) in [5.74, 6) is 0.751. The highest BCUT2D eigenvalue weighted by Gasteiger charge is 2.43. The van der Waals surface area contributed by atoms with Gasteiger partial charge in [-0.1, -0.05) is 25.1 Å². The minimum Gasteiger partial charge on any atom is -0.381 e. The van der Waals surface area contributed by atoms with Gasteiger partial charge in [0.2, 0.25) is 0 Å². The van der Waals surface area contributed by atoms with Crippen LogP contribution in [0.3, 0.4) is 0 Å². The number of piperazine rings is 1. The maximum atomic E-state index is 13.6. The maximum Gasteiger partial charge on any atom is 0.256 e. The molecule has 1 saturated heterocycles. The van der Waals surface area contributed by atoms with E-state index in [0.29, 0.717) is 31.7 Å². The van der Waals surface area contributed by atoms with Crippen molar-refractivity contribution in [2.75, 3.05) is 32.1 Å². The molecule has 2 heterocycles. The van der Waals surface area contributed by atoms with E-state index in [0.717, 1.165) is 42.5 Å². The fraction of sp³-hybridized carbons (Fsp3) is 0.545. The van der Waals surface area contributed by atoms with E-state index in [1.54, 1.807) is 6.20 Å². The molecular weight excluding hydrogens is 384 g/mol. The number of nitrogens with zero attached hydrogens (tertiary/aromatic N) is 2. The summed E-state index contributed by atoms with van der Waals surface area (Å²) in [6.07, 6.45) is 5.05. The molecule has 3 N–H and O–H groups in total. The highest BCUT2D eigenvalue weighted by atomic mass is 32.1. The van der Waals surface area contributed by atoms with Crippen LogP contribution in [-0.2, 0) is 4.74 Å². The highest BCUT2D eigenvalue weighted by molar-refractivity contribution is 7.80. The first-order valence-electron chi connectivity index (χ1n) is 10.5. The van der Waals surface area contributed by atoms with Gasteiger partial charge in [0.05, 0.1) is 22.8 Å². The van der Waals surface area contributed by atoms with E-state index in [9.17, 15) is 4.79 Å². The summed E-state index contributed by atoms with van der Waals surface area (Å²) < 4.78 is 5.69. The van der Waals surface area contributed by atoms with Gasteiger partial charge >= 0.3 is 0 Å². The number of para-hydroxylation sites is 1. The van der Waals surface area contributed by atoms with Gasteiger partial charge in [0, 0.05) is 44.3 Å². The Morgan fingerprint density at radius 1 is 1.38 bits per heavy atom. The van der Waals surface area contributed by atoms with Gasteiger partial charge in [-0.05, 0) is 37.1 Å². The molecule has 1 unspecified atom stereocenters. The van der Waals surface area contributed by atoms with Gasteiger partial charge in [0.25, 0.3) is 5.91 Å². The average molecular weight is 417 g/mol. The largest absolute Gasteiger partial charge is 0.381 e. The van der Waals surface area contributed by atoms with Crippen LogP contribution in [0, 0.1) is 0 Å². The van der Waals surface area contributed by atoms with Crippen LogP contribution in [-0.4, -0.2) is 59.6 Å². The van der Waals surface area contributed by atoms with Crippen molar-refractivity contribution in [2.45, 2.75) is 44.3 Å². The summed E-state index contributed by atoms with van der Waals surface area (Å²) in [6.45, 7) is 4.67. The SMILES string of the molecule is CCCOCC[C@]1(N)NCCN(C(=O)c2cccc3cccnc23)C1CCCS. The summed E-state index contributed by atoms with van der Waals surface area (Å²) in [5, 5.41) is 4.43. The fourth-order valence-corrected chi connectivity index (χ4v) is 4.26. The fourth-order valence-electron chi connectivity index (χ4n) is 4.08. The maximum absolute atomic E-state index is 13.6. The Bertz CT molecular complexity index is 813. The number of rotatable bonds is 9. The van der Waals surface area contributed by atoms with Crippen molar-refractivity contribution in [3.05, 3.63) is 42.1 Å². The number of pyridine rings is 1. The third-order valence-electron chi connectivity index (χ3n) is 5.55. The number of thiol groups is 1. The van der Waals surface area contributed by atoms with Gasteiger partial charge in [0.1, 0.15) is 0 Å². The van der Waals surface area contributed by atoms with E-state index in [1.165, 1.54) is 0 Å². The number of fused-ring (bicyclic) bond motifs is 1. The van der Waals surface area contributed by atoms with E-state index in [-0.39, 0.29) is 11.9 Å². The van der Waals surface area contributed by atoms with Crippen molar-refractivity contribution < 1.29 is 9.53 Å². The van der Waals surface area contributed by atoms with E-state index >= 15 is 0 Å². The quantitative estimate of drug-likeness (QED) is 0.433. The van der Waals surface area contributed by atoms with Crippen molar-refractivity contribution >= 4 is 29.4 Å². The molecule has 1 aromatic carbocycles. The number of nitrogens with two attached hydrogens (primary N) is 1. The third kappa shape index (κ3) is 5.09. The minimum absolute atomic E-state index is 0.00994. The molecule has 1 aliphatic rings. The lowest BCUT2D eigenvalue weighted by Gasteiger charge is -2.49. The van der Waals surface area contributed by atoms with Crippen LogP contribution in [0.4, 0.5) is 0 Å². The number of hydrogen-bond acceptors (Lipinski definition) is 6. The molecule has 158 valence electrons. The first-order valence-corrected chi connectivity index (χ1v) is 11.1. The first-order chi connectivity index (χ1) is 14.1. The van der Waals surface area contributed by atoms with Crippen LogP contribution in [0.1, 0.15) is 43.0 Å². The number of carbonyl (C=O) groups is 1. The Balaban J connectivity index is 1.87.